The molecular formula is C36H38N4O. The standard InChI is InChI=1S/C36H38N4O/c1-35(2,3)25-13-19-31-29(21-25)30-22-26(36(4,5)6)14-20-32(30)40(31)28-17-11-24(12-18-28)34-38-37-33(41-34)23-9-15-27(16-10-23)39(7)8/h9-22H,1-8H3. The van der Waals surface area contributed by atoms with E-state index in [1.54, 1.807) is 0 Å². The summed E-state index contributed by atoms with van der Waals surface area (Å²) in [6.07, 6.45) is 0. The molecule has 0 saturated carbocycles. The van der Waals surface area contributed by atoms with Gasteiger partial charge in [-0.2, -0.15) is 0 Å². The van der Waals surface area contributed by atoms with Gasteiger partial charge >= 0.3 is 0 Å². The van der Waals surface area contributed by atoms with E-state index in [4.69, 9.17) is 4.42 Å². The predicted octanol–water partition coefficient (Wildman–Crippen LogP) is 9.16. The maximum Gasteiger partial charge on any atom is 0.248 e. The first-order chi connectivity index (χ1) is 19.4. The van der Waals surface area contributed by atoms with Crippen molar-refractivity contribution in [3.05, 3.63) is 96.1 Å². The van der Waals surface area contributed by atoms with Gasteiger partial charge in [0, 0.05) is 47.4 Å². The molecule has 0 N–H and O–H groups in total. The average Bonchev–Trinajstić information content (AvgIpc) is 3.55. The fraction of sp³-hybridized carbons (Fsp3) is 0.278. The van der Waals surface area contributed by atoms with Crippen molar-refractivity contribution in [3.63, 3.8) is 0 Å². The van der Waals surface area contributed by atoms with Gasteiger partial charge in [0.25, 0.3) is 0 Å². The molecule has 0 atom stereocenters. The van der Waals surface area contributed by atoms with E-state index in [0.717, 1.165) is 22.5 Å². The molecule has 6 aromatic rings. The van der Waals surface area contributed by atoms with Gasteiger partial charge in [0.2, 0.25) is 11.8 Å². The van der Waals surface area contributed by atoms with Gasteiger partial charge in [-0.05, 0) is 94.8 Å². The molecule has 0 aliphatic heterocycles. The highest BCUT2D eigenvalue weighted by Gasteiger charge is 2.21. The summed E-state index contributed by atoms with van der Waals surface area (Å²) in [6, 6.07) is 30.3. The molecule has 4 aromatic carbocycles. The maximum absolute atomic E-state index is 6.07. The lowest BCUT2D eigenvalue weighted by Gasteiger charge is -2.19. The van der Waals surface area contributed by atoms with Crippen LogP contribution < -0.4 is 4.90 Å². The minimum absolute atomic E-state index is 0.0726. The van der Waals surface area contributed by atoms with Crippen LogP contribution in [0.15, 0.2) is 89.3 Å². The second-order valence-electron chi connectivity index (χ2n) is 13.2. The zero-order valence-electron chi connectivity index (χ0n) is 25.3. The van der Waals surface area contributed by atoms with E-state index in [2.05, 4.69) is 134 Å². The Morgan fingerprint density at radius 3 is 1.44 bits per heavy atom. The van der Waals surface area contributed by atoms with Gasteiger partial charge in [-0.3, -0.25) is 0 Å². The van der Waals surface area contributed by atoms with Crippen LogP contribution in [-0.2, 0) is 10.8 Å². The van der Waals surface area contributed by atoms with Gasteiger partial charge < -0.3 is 13.9 Å². The van der Waals surface area contributed by atoms with E-state index in [1.807, 2.05) is 26.2 Å². The van der Waals surface area contributed by atoms with Crippen LogP contribution in [0.4, 0.5) is 5.69 Å². The van der Waals surface area contributed by atoms with Crippen LogP contribution in [0.1, 0.15) is 52.7 Å². The summed E-state index contributed by atoms with van der Waals surface area (Å²) in [4.78, 5) is 2.06. The Labute approximate surface area is 242 Å². The molecule has 2 heterocycles. The topological polar surface area (TPSA) is 47.1 Å². The predicted molar refractivity (Wildman–Crippen MR) is 171 cm³/mol. The quantitative estimate of drug-likeness (QED) is 0.223. The van der Waals surface area contributed by atoms with Crippen molar-refractivity contribution in [2.24, 2.45) is 0 Å². The zero-order chi connectivity index (χ0) is 29.1. The molecule has 41 heavy (non-hydrogen) atoms. The van der Waals surface area contributed by atoms with E-state index >= 15 is 0 Å². The monoisotopic (exact) mass is 542 g/mol. The summed E-state index contributed by atoms with van der Waals surface area (Å²) in [6.45, 7) is 13.6. The molecule has 2 aromatic heterocycles. The van der Waals surface area contributed by atoms with Crippen LogP contribution in [0.2, 0.25) is 0 Å². The first-order valence-electron chi connectivity index (χ1n) is 14.2. The van der Waals surface area contributed by atoms with Crippen LogP contribution in [0, 0.1) is 0 Å². The normalized spacial score (nSPS) is 12.4. The van der Waals surface area contributed by atoms with Crippen molar-refractivity contribution in [3.8, 4) is 28.6 Å². The number of nitrogens with zero attached hydrogens (tertiary/aromatic N) is 4. The molecule has 0 unspecified atom stereocenters. The Morgan fingerprint density at radius 2 is 1.02 bits per heavy atom. The van der Waals surface area contributed by atoms with Crippen molar-refractivity contribution < 1.29 is 4.42 Å². The zero-order valence-corrected chi connectivity index (χ0v) is 25.3. The lowest BCUT2D eigenvalue weighted by Crippen LogP contribution is -2.10. The third-order valence-electron chi connectivity index (χ3n) is 7.93. The Bertz CT molecular complexity index is 1790. The molecule has 0 bridgehead atoms. The molecule has 5 heteroatoms. The van der Waals surface area contributed by atoms with E-state index in [-0.39, 0.29) is 10.8 Å². The molecule has 0 saturated heterocycles. The van der Waals surface area contributed by atoms with Crippen molar-refractivity contribution in [1.82, 2.24) is 14.8 Å². The summed E-state index contributed by atoms with van der Waals surface area (Å²) >= 11 is 0. The smallest absolute Gasteiger partial charge is 0.248 e. The van der Waals surface area contributed by atoms with Gasteiger partial charge in [-0.1, -0.05) is 53.7 Å². The largest absolute Gasteiger partial charge is 0.416 e. The van der Waals surface area contributed by atoms with E-state index in [1.165, 1.54) is 32.9 Å². The van der Waals surface area contributed by atoms with Crippen molar-refractivity contribution in [2.45, 2.75) is 52.4 Å². The van der Waals surface area contributed by atoms with Crippen molar-refractivity contribution >= 4 is 27.5 Å². The highest BCUT2D eigenvalue weighted by atomic mass is 16.4. The Kier molecular flexibility index (Phi) is 6.29. The Morgan fingerprint density at radius 1 is 0.585 bits per heavy atom. The lowest BCUT2D eigenvalue weighted by atomic mass is 9.85. The fourth-order valence-corrected chi connectivity index (χ4v) is 5.35. The van der Waals surface area contributed by atoms with Gasteiger partial charge in [-0.25, -0.2) is 0 Å². The molecular weight excluding hydrogens is 504 g/mol. The summed E-state index contributed by atoms with van der Waals surface area (Å²) in [7, 11) is 4.05. The third kappa shape index (κ3) is 4.90. The average molecular weight is 543 g/mol. The van der Waals surface area contributed by atoms with Gasteiger partial charge in [-0.15, -0.1) is 10.2 Å². The molecule has 0 amide bonds. The summed E-state index contributed by atoms with van der Waals surface area (Å²) in [5.74, 6) is 1.02. The molecule has 0 fully saturated rings. The number of aromatic nitrogens is 3. The van der Waals surface area contributed by atoms with Crippen LogP contribution in [0.3, 0.4) is 0 Å². The second-order valence-corrected chi connectivity index (χ2v) is 13.2. The highest BCUT2D eigenvalue weighted by Crippen LogP contribution is 2.38. The number of benzene rings is 4. The van der Waals surface area contributed by atoms with Crippen LogP contribution in [0.5, 0.6) is 0 Å². The summed E-state index contributed by atoms with van der Waals surface area (Å²) in [5.41, 5.74) is 9.24. The number of hydrogen-bond acceptors (Lipinski definition) is 4. The van der Waals surface area contributed by atoms with Crippen LogP contribution in [0.25, 0.3) is 50.4 Å². The Balaban J connectivity index is 1.41. The third-order valence-corrected chi connectivity index (χ3v) is 7.93. The van der Waals surface area contributed by atoms with Gasteiger partial charge in [0.1, 0.15) is 0 Å². The number of fused-ring (bicyclic) bond motifs is 3. The minimum Gasteiger partial charge on any atom is -0.416 e. The number of rotatable bonds is 4. The lowest BCUT2D eigenvalue weighted by molar-refractivity contribution is 0.584. The summed E-state index contributed by atoms with van der Waals surface area (Å²) in [5, 5.41) is 11.2. The SMILES string of the molecule is CN(C)c1ccc(-c2nnc(-c3ccc(-n4c5ccc(C(C)(C)C)cc5c5cc(C(C)(C)C)ccc54)cc3)o2)cc1. The number of hydrogen-bond donors (Lipinski definition) is 0. The van der Waals surface area contributed by atoms with Crippen molar-refractivity contribution in [1.29, 1.82) is 0 Å². The van der Waals surface area contributed by atoms with Crippen molar-refractivity contribution in [2.75, 3.05) is 19.0 Å². The van der Waals surface area contributed by atoms with E-state index in [9.17, 15) is 0 Å². The van der Waals surface area contributed by atoms with Gasteiger partial charge in [0.05, 0.1) is 11.0 Å². The first kappa shape index (κ1) is 26.8. The second kappa shape index (κ2) is 9.62. The first-order valence-corrected chi connectivity index (χ1v) is 14.2. The maximum atomic E-state index is 6.07. The molecule has 0 aliphatic carbocycles. The minimum atomic E-state index is 0.0726. The van der Waals surface area contributed by atoms with Gasteiger partial charge in [0.15, 0.2) is 0 Å². The van der Waals surface area contributed by atoms with Crippen LogP contribution in [-0.4, -0.2) is 28.9 Å². The summed E-state index contributed by atoms with van der Waals surface area (Å²) < 4.78 is 8.43. The van der Waals surface area contributed by atoms with Crippen LogP contribution >= 0.6 is 0 Å². The van der Waals surface area contributed by atoms with E-state index < -0.39 is 0 Å². The Hall–Kier alpha value is -4.38. The molecule has 5 nitrogen and oxygen atoms in total. The molecule has 6 rings (SSSR count). The molecule has 208 valence electrons. The highest BCUT2D eigenvalue weighted by molar-refractivity contribution is 6.09. The number of anilines is 1. The molecule has 0 radical (unpaired) electrons. The van der Waals surface area contributed by atoms with E-state index in [0.29, 0.717) is 11.8 Å². The fourth-order valence-electron chi connectivity index (χ4n) is 5.35. The molecule has 0 aliphatic rings. The molecule has 0 spiro atoms.